The molecule has 0 fully saturated rings. The van der Waals surface area contributed by atoms with Gasteiger partial charge in [-0.25, -0.2) is 9.97 Å². The highest BCUT2D eigenvalue weighted by atomic mass is 127. The van der Waals surface area contributed by atoms with Crippen molar-refractivity contribution in [3.63, 3.8) is 0 Å². The van der Waals surface area contributed by atoms with Crippen molar-refractivity contribution in [3.8, 4) is 0 Å². The molecule has 0 amide bonds. The summed E-state index contributed by atoms with van der Waals surface area (Å²) in [4.78, 5) is 9.37. The second-order valence-electron chi connectivity index (χ2n) is 4.96. The third kappa shape index (κ3) is 4.71. The van der Waals surface area contributed by atoms with Crippen molar-refractivity contribution in [1.82, 2.24) is 9.97 Å². The molecule has 1 N–H and O–H groups in total. The molecule has 0 aliphatic carbocycles. The Balaban J connectivity index is 2.95. The number of anilines is 1. The third-order valence-electron chi connectivity index (χ3n) is 2.74. The largest absolute Gasteiger partial charge is 0.369 e. The lowest BCUT2D eigenvalue weighted by Crippen LogP contribution is -2.10. The van der Waals surface area contributed by atoms with Gasteiger partial charge in [0.2, 0.25) is 0 Å². The molecule has 102 valence electrons. The maximum atomic E-state index is 4.72. The molecule has 0 saturated carbocycles. The maximum absolute atomic E-state index is 4.72. The summed E-state index contributed by atoms with van der Waals surface area (Å²) in [5, 5.41) is 3.34. The van der Waals surface area contributed by atoms with Crippen LogP contribution < -0.4 is 5.32 Å². The predicted molar refractivity (Wildman–Crippen MR) is 86.1 cm³/mol. The molecule has 1 aromatic heterocycles. The predicted octanol–water partition coefficient (Wildman–Crippen LogP) is 4.05. The molecule has 4 heteroatoms. The van der Waals surface area contributed by atoms with E-state index in [4.69, 9.17) is 4.98 Å². The van der Waals surface area contributed by atoms with Gasteiger partial charge in [-0.2, -0.15) is 0 Å². The van der Waals surface area contributed by atoms with E-state index in [1.54, 1.807) is 0 Å². The van der Waals surface area contributed by atoms with Gasteiger partial charge in [0.05, 0.1) is 9.26 Å². The Morgan fingerprint density at radius 1 is 1.17 bits per heavy atom. The first-order valence-corrected chi connectivity index (χ1v) is 7.95. The molecule has 18 heavy (non-hydrogen) atoms. The van der Waals surface area contributed by atoms with Gasteiger partial charge < -0.3 is 5.32 Å². The summed E-state index contributed by atoms with van der Waals surface area (Å²) in [7, 11) is 0. The molecule has 1 aromatic rings. The number of nitrogens with zero attached hydrogens (tertiary/aromatic N) is 2. The van der Waals surface area contributed by atoms with E-state index in [-0.39, 0.29) is 0 Å². The van der Waals surface area contributed by atoms with Crippen molar-refractivity contribution in [2.75, 3.05) is 11.9 Å². The van der Waals surface area contributed by atoms with E-state index in [0.29, 0.717) is 5.92 Å². The number of hydrogen-bond acceptors (Lipinski definition) is 3. The minimum atomic E-state index is 0.699. The zero-order chi connectivity index (χ0) is 13.5. The van der Waals surface area contributed by atoms with E-state index in [1.165, 1.54) is 9.26 Å². The quantitative estimate of drug-likeness (QED) is 0.745. The van der Waals surface area contributed by atoms with Crippen LogP contribution in [-0.4, -0.2) is 16.5 Å². The number of halogens is 1. The number of rotatable bonds is 7. The van der Waals surface area contributed by atoms with Gasteiger partial charge in [0.15, 0.2) is 0 Å². The normalized spacial score (nSPS) is 11.0. The van der Waals surface area contributed by atoms with Crippen molar-refractivity contribution >= 4 is 28.4 Å². The lowest BCUT2D eigenvalue weighted by atomic mass is 10.1. The Bertz CT molecular complexity index is 350. The van der Waals surface area contributed by atoms with E-state index in [1.807, 2.05) is 0 Å². The Labute approximate surface area is 124 Å². The number of aryl methyl sites for hydroxylation is 2. The lowest BCUT2D eigenvalue weighted by molar-refractivity contribution is 0.573. The molecule has 1 heterocycles. The van der Waals surface area contributed by atoms with E-state index in [0.717, 1.165) is 43.9 Å². The molecule has 3 nitrogen and oxygen atoms in total. The van der Waals surface area contributed by atoms with E-state index < -0.39 is 0 Å². The molecule has 0 aliphatic rings. The SMILES string of the molecule is CCCc1nc(CCC(C)C)nc(NCC)c1I. The van der Waals surface area contributed by atoms with Crippen molar-refractivity contribution < 1.29 is 0 Å². The van der Waals surface area contributed by atoms with Crippen LogP contribution in [0.2, 0.25) is 0 Å². The van der Waals surface area contributed by atoms with Crippen LogP contribution in [0.1, 0.15) is 52.1 Å². The zero-order valence-electron chi connectivity index (χ0n) is 11.9. The van der Waals surface area contributed by atoms with Gasteiger partial charge in [0.1, 0.15) is 11.6 Å². The Kier molecular flexibility index (Phi) is 6.89. The summed E-state index contributed by atoms with van der Waals surface area (Å²) in [6.07, 6.45) is 4.29. The number of aromatic nitrogens is 2. The van der Waals surface area contributed by atoms with Crippen molar-refractivity contribution in [1.29, 1.82) is 0 Å². The Hall–Kier alpha value is -0.390. The van der Waals surface area contributed by atoms with Gasteiger partial charge in [0.25, 0.3) is 0 Å². The van der Waals surface area contributed by atoms with Crippen LogP contribution in [0.4, 0.5) is 5.82 Å². The zero-order valence-corrected chi connectivity index (χ0v) is 14.0. The van der Waals surface area contributed by atoms with Crippen molar-refractivity contribution in [3.05, 3.63) is 15.1 Å². The number of nitrogens with one attached hydrogen (secondary N) is 1. The summed E-state index contributed by atoms with van der Waals surface area (Å²) in [5.41, 5.74) is 1.20. The van der Waals surface area contributed by atoms with Crippen LogP contribution in [0.25, 0.3) is 0 Å². The number of hydrogen-bond donors (Lipinski definition) is 1. The first kappa shape index (κ1) is 15.7. The summed E-state index contributed by atoms with van der Waals surface area (Å²) in [6.45, 7) is 9.68. The highest BCUT2D eigenvalue weighted by Crippen LogP contribution is 2.21. The standard InChI is InChI=1S/C14H24IN3/c1-5-7-11-13(15)14(16-6-2)18-12(17-11)9-8-10(3)4/h10H,5-9H2,1-4H3,(H,16,17,18). The fourth-order valence-electron chi connectivity index (χ4n) is 1.76. The van der Waals surface area contributed by atoms with Crippen LogP contribution in [-0.2, 0) is 12.8 Å². The summed E-state index contributed by atoms with van der Waals surface area (Å²) in [6, 6.07) is 0. The molecule has 0 bridgehead atoms. The first-order chi connectivity index (χ1) is 8.58. The second-order valence-corrected chi connectivity index (χ2v) is 6.04. The molecule has 0 spiro atoms. The van der Waals surface area contributed by atoms with Gasteiger partial charge in [-0.1, -0.05) is 27.2 Å². The van der Waals surface area contributed by atoms with Gasteiger partial charge in [-0.05, 0) is 48.3 Å². The first-order valence-electron chi connectivity index (χ1n) is 6.87. The average Bonchev–Trinajstić information content (AvgIpc) is 2.32. The van der Waals surface area contributed by atoms with Crippen molar-refractivity contribution in [2.24, 2.45) is 5.92 Å². The van der Waals surface area contributed by atoms with Gasteiger partial charge in [0, 0.05) is 13.0 Å². The monoisotopic (exact) mass is 361 g/mol. The molecule has 0 aliphatic heterocycles. The Morgan fingerprint density at radius 3 is 2.44 bits per heavy atom. The molecule has 1 rings (SSSR count). The maximum Gasteiger partial charge on any atom is 0.143 e. The van der Waals surface area contributed by atoms with Crippen LogP contribution in [0, 0.1) is 9.49 Å². The van der Waals surface area contributed by atoms with Gasteiger partial charge >= 0.3 is 0 Å². The van der Waals surface area contributed by atoms with Gasteiger partial charge in [-0.3, -0.25) is 0 Å². The highest BCUT2D eigenvalue weighted by Gasteiger charge is 2.11. The van der Waals surface area contributed by atoms with E-state index in [9.17, 15) is 0 Å². The molecular weight excluding hydrogens is 337 g/mol. The summed E-state index contributed by atoms with van der Waals surface area (Å²) in [5.74, 6) is 2.70. The fourth-order valence-corrected chi connectivity index (χ4v) is 2.46. The smallest absolute Gasteiger partial charge is 0.143 e. The molecule has 0 unspecified atom stereocenters. The van der Waals surface area contributed by atoms with Crippen LogP contribution >= 0.6 is 22.6 Å². The van der Waals surface area contributed by atoms with E-state index >= 15 is 0 Å². The topological polar surface area (TPSA) is 37.8 Å². The van der Waals surface area contributed by atoms with Crippen LogP contribution in [0.5, 0.6) is 0 Å². The molecule has 0 saturated heterocycles. The van der Waals surface area contributed by atoms with Crippen molar-refractivity contribution in [2.45, 2.75) is 53.4 Å². The third-order valence-corrected chi connectivity index (χ3v) is 3.88. The minimum Gasteiger partial charge on any atom is -0.369 e. The highest BCUT2D eigenvalue weighted by molar-refractivity contribution is 14.1. The Morgan fingerprint density at radius 2 is 1.89 bits per heavy atom. The van der Waals surface area contributed by atoms with Crippen LogP contribution in [0.3, 0.4) is 0 Å². The molecule has 0 atom stereocenters. The summed E-state index contributed by atoms with van der Waals surface area (Å²) >= 11 is 2.36. The average molecular weight is 361 g/mol. The van der Waals surface area contributed by atoms with E-state index in [2.05, 4.69) is 60.6 Å². The molecule has 0 aromatic carbocycles. The lowest BCUT2D eigenvalue weighted by Gasteiger charge is -2.12. The summed E-state index contributed by atoms with van der Waals surface area (Å²) < 4.78 is 1.18. The second kappa shape index (κ2) is 7.92. The fraction of sp³-hybridized carbons (Fsp3) is 0.714. The molecule has 0 radical (unpaired) electrons. The van der Waals surface area contributed by atoms with Crippen LogP contribution in [0.15, 0.2) is 0 Å². The molecular formula is C14H24IN3. The van der Waals surface area contributed by atoms with Gasteiger partial charge in [-0.15, -0.1) is 0 Å². The minimum absolute atomic E-state index is 0.699.